The van der Waals surface area contributed by atoms with E-state index in [0.717, 1.165) is 11.1 Å². The molecular formula is C22H20F2N2O3S. The number of hydrogen-bond donors (Lipinski definition) is 0. The summed E-state index contributed by atoms with van der Waals surface area (Å²) in [6, 6.07) is 13.1. The number of halogens is 2. The van der Waals surface area contributed by atoms with Gasteiger partial charge in [0.15, 0.2) is 5.17 Å². The van der Waals surface area contributed by atoms with Gasteiger partial charge in [0.05, 0.1) is 12.8 Å². The molecule has 0 N–H and O–H groups in total. The molecule has 0 saturated carbocycles. The van der Waals surface area contributed by atoms with Gasteiger partial charge in [-0.25, -0.2) is 4.99 Å². The molecule has 0 spiro atoms. The SMILES string of the molecule is C=C(C)CSC1=N/C(=C\c2ccc(OC)cc2)C(=O)N1c1ccc(OC(F)F)cc1. The van der Waals surface area contributed by atoms with Crippen LogP contribution in [-0.4, -0.2) is 30.5 Å². The molecule has 1 aliphatic heterocycles. The summed E-state index contributed by atoms with van der Waals surface area (Å²) in [7, 11) is 1.58. The summed E-state index contributed by atoms with van der Waals surface area (Å²) in [5, 5.41) is 0.491. The van der Waals surface area contributed by atoms with Crippen molar-refractivity contribution in [1.82, 2.24) is 0 Å². The number of amidine groups is 1. The first-order valence-electron chi connectivity index (χ1n) is 8.98. The average molecular weight is 430 g/mol. The molecule has 2 aromatic rings. The third-order valence-corrected chi connectivity index (χ3v) is 5.19. The van der Waals surface area contributed by atoms with Gasteiger partial charge in [0.2, 0.25) is 0 Å². The molecule has 30 heavy (non-hydrogen) atoms. The van der Waals surface area contributed by atoms with Crippen molar-refractivity contribution in [2.75, 3.05) is 17.8 Å². The van der Waals surface area contributed by atoms with E-state index in [9.17, 15) is 13.6 Å². The lowest BCUT2D eigenvalue weighted by atomic mass is 10.2. The third-order valence-electron chi connectivity index (χ3n) is 4.02. The van der Waals surface area contributed by atoms with Gasteiger partial charge in [-0.05, 0) is 55.0 Å². The molecule has 0 saturated heterocycles. The molecule has 8 heteroatoms. The van der Waals surface area contributed by atoms with Gasteiger partial charge in [-0.1, -0.05) is 36.0 Å². The number of methoxy groups -OCH3 is 1. The summed E-state index contributed by atoms with van der Waals surface area (Å²) >= 11 is 1.38. The molecule has 5 nitrogen and oxygen atoms in total. The Hall–Kier alpha value is -3.13. The van der Waals surface area contributed by atoms with E-state index in [4.69, 9.17) is 4.74 Å². The molecule has 1 amide bonds. The number of anilines is 1. The second-order valence-corrected chi connectivity index (χ2v) is 7.40. The van der Waals surface area contributed by atoms with Crippen LogP contribution in [0.5, 0.6) is 11.5 Å². The number of rotatable bonds is 7. The lowest BCUT2D eigenvalue weighted by Crippen LogP contribution is -2.30. The maximum atomic E-state index is 13.1. The number of ether oxygens (including phenoxy) is 2. The van der Waals surface area contributed by atoms with Crippen molar-refractivity contribution in [3.8, 4) is 11.5 Å². The third kappa shape index (κ3) is 5.27. The molecule has 0 aliphatic carbocycles. The number of benzene rings is 2. The summed E-state index contributed by atoms with van der Waals surface area (Å²) in [5.74, 6) is 1.01. The summed E-state index contributed by atoms with van der Waals surface area (Å²) in [6.45, 7) is 2.86. The van der Waals surface area contributed by atoms with Crippen molar-refractivity contribution < 1.29 is 23.0 Å². The molecule has 0 aromatic heterocycles. The van der Waals surface area contributed by atoms with Crippen molar-refractivity contribution in [2.24, 2.45) is 4.99 Å². The smallest absolute Gasteiger partial charge is 0.387 e. The highest BCUT2D eigenvalue weighted by molar-refractivity contribution is 8.14. The average Bonchev–Trinajstić information content (AvgIpc) is 3.02. The lowest BCUT2D eigenvalue weighted by molar-refractivity contribution is -0.113. The predicted molar refractivity (Wildman–Crippen MR) is 116 cm³/mol. The Morgan fingerprint density at radius 2 is 1.80 bits per heavy atom. The van der Waals surface area contributed by atoms with E-state index in [-0.39, 0.29) is 17.4 Å². The Balaban J connectivity index is 1.90. The molecule has 2 aromatic carbocycles. The normalized spacial score (nSPS) is 15.0. The Labute approximate surface area is 177 Å². The number of carbonyl (C=O) groups is 1. The fourth-order valence-electron chi connectivity index (χ4n) is 2.64. The first kappa shape index (κ1) is 21.6. The quantitative estimate of drug-likeness (QED) is 0.439. The fraction of sp³-hybridized carbons (Fsp3) is 0.182. The van der Waals surface area contributed by atoms with Gasteiger partial charge in [0.25, 0.3) is 5.91 Å². The van der Waals surface area contributed by atoms with E-state index in [1.807, 2.05) is 19.1 Å². The standard InChI is InChI=1S/C22H20F2N2O3S/c1-14(2)13-30-22-25-19(12-15-4-8-17(28-3)9-5-15)20(27)26(22)16-6-10-18(11-7-16)29-21(23)24/h4-12,21H,1,13H2,2-3H3/b19-12-. The number of aliphatic imine (C=N–C) groups is 1. The fourth-order valence-corrected chi connectivity index (χ4v) is 3.50. The van der Waals surface area contributed by atoms with Crippen molar-refractivity contribution in [2.45, 2.75) is 13.5 Å². The Morgan fingerprint density at radius 3 is 2.37 bits per heavy atom. The van der Waals surface area contributed by atoms with Gasteiger partial charge in [-0.2, -0.15) is 8.78 Å². The van der Waals surface area contributed by atoms with E-state index in [1.54, 1.807) is 37.5 Å². The highest BCUT2D eigenvalue weighted by Gasteiger charge is 2.32. The van der Waals surface area contributed by atoms with Crippen LogP contribution in [0.25, 0.3) is 6.08 Å². The summed E-state index contributed by atoms with van der Waals surface area (Å²) in [5.41, 5.74) is 2.52. The molecule has 1 aliphatic rings. The molecule has 0 radical (unpaired) electrons. The topological polar surface area (TPSA) is 51.1 Å². The molecule has 0 bridgehead atoms. The number of nitrogens with zero attached hydrogens (tertiary/aromatic N) is 2. The maximum absolute atomic E-state index is 13.1. The Kier molecular flexibility index (Phi) is 6.89. The van der Waals surface area contributed by atoms with Crippen molar-refractivity contribution in [3.63, 3.8) is 0 Å². The first-order valence-corrected chi connectivity index (χ1v) is 9.97. The van der Waals surface area contributed by atoms with Crippen LogP contribution in [0.2, 0.25) is 0 Å². The van der Waals surface area contributed by atoms with Gasteiger partial charge in [0, 0.05) is 5.75 Å². The van der Waals surface area contributed by atoms with E-state index in [0.29, 0.717) is 22.4 Å². The summed E-state index contributed by atoms with van der Waals surface area (Å²) in [6.07, 6.45) is 1.69. The minimum Gasteiger partial charge on any atom is -0.497 e. The second-order valence-electron chi connectivity index (χ2n) is 6.46. The van der Waals surface area contributed by atoms with Crippen LogP contribution in [0.1, 0.15) is 12.5 Å². The van der Waals surface area contributed by atoms with E-state index in [2.05, 4.69) is 16.3 Å². The zero-order valence-electron chi connectivity index (χ0n) is 16.5. The van der Waals surface area contributed by atoms with Gasteiger partial charge in [-0.15, -0.1) is 0 Å². The van der Waals surface area contributed by atoms with E-state index < -0.39 is 6.61 Å². The monoisotopic (exact) mass is 430 g/mol. The number of amides is 1. The molecular weight excluding hydrogens is 410 g/mol. The minimum atomic E-state index is -2.91. The van der Waals surface area contributed by atoms with Crippen LogP contribution in [-0.2, 0) is 4.79 Å². The molecule has 156 valence electrons. The molecule has 0 fully saturated rings. The van der Waals surface area contributed by atoms with Crippen LogP contribution >= 0.6 is 11.8 Å². The number of thioether (sulfide) groups is 1. The van der Waals surface area contributed by atoms with Crippen LogP contribution in [0, 0.1) is 0 Å². The van der Waals surface area contributed by atoms with Gasteiger partial charge in [-0.3, -0.25) is 9.69 Å². The molecule has 1 heterocycles. The van der Waals surface area contributed by atoms with Crippen LogP contribution < -0.4 is 14.4 Å². The Bertz CT molecular complexity index is 986. The highest BCUT2D eigenvalue weighted by atomic mass is 32.2. The Morgan fingerprint density at radius 1 is 1.17 bits per heavy atom. The van der Waals surface area contributed by atoms with E-state index >= 15 is 0 Å². The second kappa shape index (κ2) is 9.58. The lowest BCUT2D eigenvalue weighted by Gasteiger charge is -2.18. The van der Waals surface area contributed by atoms with Crippen LogP contribution in [0.15, 0.2) is 71.4 Å². The number of alkyl halides is 2. The molecule has 3 rings (SSSR count). The van der Waals surface area contributed by atoms with Gasteiger partial charge >= 0.3 is 6.61 Å². The number of carbonyl (C=O) groups excluding carboxylic acids is 1. The van der Waals surface area contributed by atoms with E-state index in [1.165, 1.54) is 28.8 Å². The van der Waals surface area contributed by atoms with Crippen molar-refractivity contribution >= 4 is 34.6 Å². The van der Waals surface area contributed by atoms with Crippen LogP contribution in [0.4, 0.5) is 14.5 Å². The van der Waals surface area contributed by atoms with Crippen molar-refractivity contribution in [1.29, 1.82) is 0 Å². The highest BCUT2D eigenvalue weighted by Crippen LogP contribution is 2.31. The predicted octanol–water partition coefficient (Wildman–Crippen LogP) is 5.35. The van der Waals surface area contributed by atoms with Gasteiger partial charge < -0.3 is 9.47 Å². The molecule has 0 atom stereocenters. The summed E-state index contributed by atoms with van der Waals surface area (Å²) in [4.78, 5) is 19.0. The zero-order valence-corrected chi connectivity index (χ0v) is 17.3. The summed E-state index contributed by atoms with van der Waals surface area (Å²) < 4.78 is 34.3. The zero-order chi connectivity index (χ0) is 21.7. The largest absolute Gasteiger partial charge is 0.497 e. The van der Waals surface area contributed by atoms with Crippen molar-refractivity contribution in [3.05, 3.63) is 71.9 Å². The maximum Gasteiger partial charge on any atom is 0.387 e. The first-order chi connectivity index (χ1) is 14.4. The molecule has 0 unspecified atom stereocenters. The number of hydrogen-bond acceptors (Lipinski definition) is 5. The van der Waals surface area contributed by atoms with Gasteiger partial charge in [0.1, 0.15) is 17.2 Å². The van der Waals surface area contributed by atoms with Crippen LogP contribution in [0.3, 0.4) is 0 Å². The minimum absolute atomic E-state index is 0.0162.